The summed E-state index contributed by atoms with van der Waals surface area (Å²) >= 11 is 6.00. The van der Waals surface area contributed by atoms with Crippen LogP contribution in [0.3, 0.4) is 0 Å². The van der Waals surface area contributed by atoms with E-state index in [1.807, 2.05) is 6.92 Å². The average molecular weight is 264 g/mol. The lowest BCUT2D eigenvalue weighted by atomic mass is 10.1. The van der Waals surface area contributed by atoms with E-state index in [0.29, 0.717) is 10.5 Å². The quantitative estimate of drug-likeness (QED) is 0.818. The zero-order valence-electron chi connectivity index (χ0n) is 9.53. The second kappa shape index (κ2) is 4.66. The van der Waals surface area contributed by atoms with Gasteiger partial charge in [0, 0.05) is 27.6 Å². The highest BCUT2D eigenvalue weighted by atomic mass is 35.5. The van der Waals surface area contributed by atoms with E-state index >= 15 is 0 Å². The summed E-state index contributed by atoms with van der Waals surface area (Å²) in [6.07, 6.45) is 2.18. The zero-order chi connectivity index (χ0) is 13.3. The summed E-state index contributed by atoms with van der Waals surface area (Å²) in [6, 6.07) is 5.13. The number of aromatic amines is 1. The number of H-pyrrole nitrogens is 1. The average Bonchev–Trinajstić information content (AvgIpc) is 2.29. The Hall–Kier alpha value is -2.07. The van der Waals surface area contributed by atoms with Crippen molar-refractivity contribution in [3.63, 3.8) is 0 Å². The van der Waals surface area contributed by atoms with Gasteiger partial charge in [0.1, 0.15) is 0 Å². The molecule has 92 valence electrons. The van der Waals surface area contributed by atoms with Gasteiger partial charge in [-0.05, 0) is 36.8 Å². The van der Waals surface area contributed by atoms with E-state index in [4.69, 9.17) is 16.7 Å². The maximum Gasteiger partial charge on any atom is 0.328 e. The van der Waals surface area contributed by atoms with Gasteiger partial charge in [0.15, 0.2) is 0 Å². The summed E-state index contributed by atoms with van der Waals surface area (Å²) in [5.74, 6) is -1.10. The predicted octanol–water partition coefficient (Wildman–Crippen LogP) is 2.59. The fourth-order valence-electron chi connectivity index (χ4n) is 1.64. The van der Waals surface area contributed by atoms with Gasteiger partial charge in [-0.1, -0.05) is 11.6 Å². The minimum Gasteiger partial charge on any atom is -0.478 e. The van der Waals surface area contributed by atoms with Gasteiger partial charge < -0.3 is 10.1 Å². The maximum atomic E-state index is 11.7. The highest BCUT2D eigenvalue weighted by Crippen LogP contribution is 2.21. The number of aliphatic carboxylic acids is 1. The third kappa shape index (κ3) is 2.43. The van der Waals surface area contributed by atoms with Gasteiger partial charge in [0.25, 0.3) is 5.56 Å². The number of nitrogens with one attached hydrogen (secondary N) is 1. The minimum atomic E-state index is -1.10. The molecule has 18 heavy (non-hydrogen) atoms. The highest BCUT2D eigenvalue weighted by molar-refractivity contribution is 6.32. The molecule has 2 rings (SSSR count). The lowest BCUT2D eigenvalue weighted by molar-refractivity contribution is -0.131. The first-order valence-corrected chi connectivity index (χ1v) is 5.59. The summed E-state index contributed by atoms with van der Waals surface area (Å²) in [6.45, 7) is 1.85. The Bertz CT molecular complexity index is 716. The number of carbonyl (C=O) groups is 1. The topological polar surface area (TPSA) is 70.2 Å². The van der Waals surface area contributed by atoms with Crippen LogP contribution in [0.5, 0.6) is 0 Å². The summed E-state index contributed by atoms with van der Waals surface area (Å²) in [5, 5.41) is 9.90. The molecule has 1 aromatic heterocycles. The number of aromatic nitrogens is 1. The molecule has 0 aliphatic carbocycles. The van der Waals surface area contributed by atoms with E-state index in [9.17, 15) is 9.59 Å². The maximum absolute atomic E-state index is 11.7. The van der Waals surface area contributed by atoms with Crippen molar-refractivity contribution < 1.29 is 9.90 Å². The first-order valence-electron chi connectivity index (χ1n) is 5.21. The van der Waals surface area contributed by atoms with Crippen molar-refractivity contribution in [1.29, 1.82) is 0 Å². The predicted molar refractivity (Wildman–Crippen MR) is 71.0 cm³/mol. The van der Waals surface area contributed by atoms with Crippen molar-refractivity contribution in [3.05, 3.63) is 50.8 Å². The molecule has 0 aliphatic heterocycles. The molecule has 1 heterocycles. The van der Waals surface area contributed by atoms with Crippen LogP contribution in [0.2, 0.25) is 5.02 Å². The standard InChI is InChI=1S/C13H10ClNO3/c1-7-4-11-9(6-10(7)14)5-8(13(18)15-11)2-3-12(16)17/h2-6H,1H3,(H,15,18)(H,16,17)/b3-2+. The van der Waals surface area contributed by atoms with Gasteiger partial charge in [-0.15, -0.1) is 0 Å². The fraction of sp³-hybridized carbons (Fsp3) is 0.0769. The Labute approximate surface area is 108 Å². The lowest BCUT2D eigenvalue weighted by Gasteiger charge is -2.03. The Morgan fingerprint density at radius 3 is 2.78 bits per heavy atom. The SMILES string of the molecule is Cc1cc2[nH]c(=O)c(/C=C/C(=O)O)cc2cc1Cl. The molecule has 0 atom stereocenters. The van der Waals surface area contributed by atoms with Crippen molar-refractivity contribution >= 4 is 34.5 Å². The van der Waals surface area contributed by atoms with Gasteiger partial charge >= 0.3 is 5.97 Å². The molecule has 0 aliphatic rings. The normalized spacial score (nSPS) is 11.2. The van der Waals surface area contributed by atoms with Crippen LogP contribution >= 0.6 is 11.6 Å². The largest absolute Gasteiger partial charge is 0.478 e. The van der Waals surface area contributed by atoms with Crippen LogP contribution in [0.4, 0.5) is 0 Å². The highest BCUT2D eigenvalue weighted by Gasteiger charge is 2.03. The van der Waals surface area contributed by atoms with E-state index < -0.39 is 5.97 Å². The van der Waals surface area contributed by atoms with Gasteiger partial charge in [-0.3, -0.25) is 4.79 Å². The molecule has 0 spiro atoms. The van der Waals surface area contributed by atoms with Gasteiger partial charge in [-0.25, -0.2) is 4.79 Å². The number of benzene rings is 1. The second-order valence-corrected chi connectivity index (χ2v) is 4.32. The van der Waals surface area contributed by atoms with Crippen LogP contribution in [-0.4, -0.2) is 16.1 Å². The van der Waals surface area contributed by atoms with E-state index in [2.05, 4.69) is 4.98 Å². The van der Waals surface area contributed by atoms with E-state index in [1.54, 1.807) is 18.2 Å². The number of aryl methyl sites for hydroxylation is 1. The van der Waals surface area contributed by atoms with Crippen LogP contribution in [0, 0.1) is 6.92 Å². The molecule has 4 nitrogen and oxygen atoms in total. The van der Waals surface area contributed by atoms with Crippen molar-refractivity contribution in [2.24, 2.45) is 0 Å². The van der Waals surface area contributed by atoms with Crippen LogP contribution in [-0.2, 0) is 4.79 Å². The molecule has 1 aromatic carbocycles. The molecule has 0 amide bonds. The molecule has 0 fully saturated rings. The van der Waals surface area contributed by atoms with Gasteiger partial charge in [0.2, 0.25) is 0 Å². The molecule has 5 heteroatoms. The number of pyridine rings is 1. The number of hydrogen-bond acceptors (Lipinski definition) is 2. The molecule has 0 saturated heterocycles. The monoisotopic (exact) mass is 263 g/mol. The Morgan fingerprint density at radius 2 is 2.11 bits per heavy atom. The third-order valence-corrected chi connectivity index (χ3v) is 2.96. The number of rotatable bonds is 2. The van der Waals surface area contributed by atoms with Crippen molar-refractivity contribution in [2.75, 3.05) is 0 Å². The molecular formula is C13H10ClNO3. The smallest absolute Gasteiger partial charge is 0.328 e. The van der Waals surface area contributed by atoms with Gasteiger partial charge in [-0.2, -0.15) is 0 Å². The second-order valence-electron chi connectivity index (χ2n) is 3.91. The number of carboxylic acid groups (broad SMARTS) is 1. The number of hydrogen-bond donors (Lipinski definition) is 2. The number of halogens is 1. The summed E-state index contributed by atoms with van der Waals surface area (Å²) in [4.78, 5) is 24.8. The number of carboxylic acids is 1. The van der Waals surface area contributed by atoms with Crippen LogP contribution in [0.1, 0.15) is 11.1 Å². The Morgan fingerprint density at radius 1 is 1.39 bits per heavy atom. The van der Waals surface area contributed by atoms with Crippen molar-refractivity contribution in [3.8, 4) is 0 Å². The molecule has 0 unspecified atom stereocenters. The van der Waals surface area contributed by atoms with Gasteiger partial charge in [0.05, 0.1) is 0 Å². The molecule has 2 N–H and O–H groups in total. The number of fused-ring (bicyclic) bond motifs is 1. The Balaban J connectivity index is 2.65. The van der Waals surface area contributed by atoms with Crippen molar-refractivity contribution in [2.45, 2.75) is 6.92 Å². The van der Waals surface area contributed by atoms with Crippen LogP contribution in [0.15, 0.2) is 29.1 Å². The molecule has 2 aromatic rings. The van der Waals surface area contributed by atoms with E-state index in [1.165, 1.54) is 6.08 Å². The summed E-state index contributed by atoms with van der Waals surface area (Å²) < 4.78 is 0. The summed E-state index contributed by atoms with van der Waals surface area (Å²) in [5.41, 5.74) is 1.49. The Kier molecular flexibility index (Phi) is 3.21. The van der Waals surface area contributed by atoms with Crippen molar-refractivity contribution in [1.82, 2.24) is 4.98 Å². The van der Waals surface area contributed by atoms with Crippen LogP contribution in [0.25, 0.3) is 17.0 Å². The fourth-order valence-corrected chi connectivity index (χ4v) is 1.81. The summed E-state index contributed by atoms with van der Waals surface area (Å²) in [7, 11) is 0. The molecule has 0 radical (unpaired) electrons. The lowest BCUT2D eigenvalue weighted by Crippen LogP contribution is -2.09. The first kappa shape index (κ1) is 12.4. The van der Waals surface area contributed by atoms with E-state index in [0.717, 1.165) is 17.0 Å². The first-order chi connectivity index (χ1) is 8.47. The zero-order valence-corrected chi connectivity index (χ0v) is 10.3. The third-order valence-electron chi connectivity index (χ3n) is 2.56. The van der Waals surface area contributed by atoms with Crippen LogP contribution < -0.4 is 5.56 Å². The minimum absolute atomic E-state index is 0.282. The molecule has 0 bridgehead atoms. The van der Waals surface area contributed by atoms with E-state index in [-0.39, 0.29) is 11.1 Å². The molecule has 0 saturated carbocycles. The molecular weight excluding hydrogens is 254 g/mol.